The van der Waals surface area contributed by atoms with Crippen LogP contribution in [0, 0.1) is 6.92 Å². The molecule has 0 amide bonds. The van der Waals surface area contributed by atoms with E-state index in [4.69, 9.17) is 27.9 Å². The summed E-state index contributed by atoms with van der Waals surface area (Å²) < 4.78 is 32.9. The van der Waals surface area contributed by atoms with E-state index in [0.29, 0.717) is 49.5 Å². The highest BCUT2D eigenvalue weighted by molar-refractivity contribution is 7.89. The van der Waals surface area contributed by atoms with Gasteiger partial charge in [-0.05, 0) is 31.5 Å². The van der Waals surface area contributed by atoms with E-state index in [1.807, 2.05) is 18.7 Å². The lowest BCUT2D eigenvalue weighted by molar-refractivity contribution is 0.303. The summed E-state index contributed by atoms with van der Waals surface area (Å²) in [6.07, 6.45) is 0.890. The number of halogens is 2. The number of anilines is 1. The molecule has 28 heavy (non-hydrogen) atoms. The van der Waals surface area contributed by atoms with Crippen molar-refractivity contribution in [2.75, 3.05) is 37.7 Å². The molecule has 0 spiro atoms. The third-order valence-electron chi connectivity index (χ3n) is 4.33. The fourth-order valence-electron chi connectivity index (χ4n) is 2.94. The molecule has 0 saturated carbocycles. The van der Waals surface area contributed by atoms with Crippen LogP contribution in [0.4, 0.5) is 5.82 Å². The van der Waals surface area contributed by atoms with Crippen LogP contribution >= 0.6 is 23.2 Å². The Morgan fingerprint density at radius 1 is 1.11 bits per heavy atom. The third kappa shape index (κ3) is 4.68. The molecule has 0 bridgehead atoms. The lowest BCUT2D eigenvalue weighted by atomic mass is 10.3. The predicted molar refractivity (Wildman–Crippen MR) is 110 cm³/mol. The molecule has 0 unspecified atom stereocenters. The summed E-state index contributed by atoms with van der Waals surface area (Å²) in [4.78, 5) is 10.8. The van der Waals surface area contributed by atoms with Crippen molar-refractivity contribution in [3.05, 3.63) is 40.1 Å². The van der Waals surface area contributed by atoms with Crippen LogP contribution in [-0.4, -0.2) is 55.5 Å². The number of aromatic nitrogens is 2. The summed E-state index contributed by atoms with van der Waals surface area (Å²) in [5, 5.41) is 0.494. The Balaban J connectivity index is 1.74. The van der Waals surface area contributed by atoms with Crippen LogP contribution in [0.25, 0.3) is 0 Å². The summed E-state index contributed by atoms with van der Waals surface area (Å²) in [6, 6.07) is 6.24. The second-order valence-electron chi connectivity index (χ2n) is 6.43. The Hall–Kier alpha value is -1.61. The molecule has 152 valence electrons. The molecular weight excluding hydrogens is 423 g/mol. The molecule has 2 aromatic rings. The van der Waals surface area contributed by atoms with Crippen molar-refractivity contribution >= 4 is 39.0 Å². The molecule has 1 aromatic carbocycles. The second-order valence-corrected chi connectivity index (χ2v) is 9.18. The van der Waals surface area contributed by atoms with Crippen LogP contribution in [0.3, 0.4) is 0 Å². The van der Waals surface area contributed by atoms with E-state index in [1.54, 1.807) is 12.1 Å². The summed E-state index contributed by atoms with van der Waals surface area (Å²) >= 11 is 12.1. The fraction of sp³-hybridized carbons (Fsp3) is 0.444. The van der Waals surface area contributed by atoms with E-state index >= 15 is 0 Å². The molecule has 0 atom stereocenters. The van der Waals surface area contributed by atoms with Crippen LogP contribution in [0.1, 0.15) is 19.2 Å². The van der Waals surface area contributed by atoms with Crippen molar-refractivity contribution in [3.63, 3.8) is 0 Å². The van der Waals surface area contributed by atoms with Gasteiger partial charge in [-0.3, -0.25) is 0 Å². The molecule has 0 N–H and O–H groups in total. The number of hydrogen-bond donors (Lipinski definition) is 0. The Morgan fingerprint density at radius 2 is 1.82 bits per heavy atom. The Morgan fingerprint density at radius 3 is 2.50 bits per heavy atom. The molecule has 0 aliphatic carbocycles. The van der Waals surface area contributed by atoms with Crippen molar-refractivity contribution < 1.29 is 13.2 Å². The zero-order valence-electron chi connectivity index (χ0n) is 15.7. The van der Waals surface area contributed by atoms with Gasteiger partial charge in [-0.2, -0.15) is 9.29 Å². The maximum Gasteiger partial charge on any atom is 0.244 e. The first-order chi connectivity index (χ1) is 13.3. The minimum absolute atomic E-state index is 0.0308. The number of sulfonamides is 1. The Labute approximate surface area is 175 Å². The highest BCUT2D eigenvalue weighted by atomic mass is 35.5. The molecule has 1 saturated heterocycles. The first kappa shape index (κ1) is 21.1. The number of piperazine rings is 1. The van der Waals surface area contributed by atoms with E-state index in [1.165, 1.54) is 16.4 Å². The first-order valence-corrected chi connectivity index (χ1v) is 11.2. The second kappa shape index (κ2) is 8.82. The number of ether oxygens (including phenoxy) is 1. The van der Waals surface area contributed by atoms with E-state index in [9.17, 15) is 8.42 Å². The molecule has 10 heteroatoms. The average Bonchev–Trinajstić information content (AvgIpc) is 2.68. The number of rotatable bonds is 6. The van der Waals surface area contributed by atoms with Crippen LogP contribution < -0.4 is 9.64 Å². The topological polar surface area (TPSA) is 75.6 Å². The van der Waals surface area contributed by atoms with Crippen LogP contribution in [0.15, 0.2) is 29.2 Å². The van der Waals surface area contributed by atoms with Crippen LogP contribution in [-0.2, 0) is 10.0 Å². The van der Waals surface area contributed by atoms with Gasteiger partial charge in [-0.1, -0.05) is 30.1 Å². The maximum atomic E-state index is 12.9. The van der Waals surface area contributed by atoms with Gasteiger partial charge in [0.25, 0.3) is 0 Å². The van der Waals surface area contributed by atoms with Gasteiger partial charge in [0.2, 0.25) is 15.9 Å². The SMILES string of the molecule is CCCOc1cc(N2CCN(S(=O)(=O)c3cc(Cl)ccc3Cl)CC2)nc(C)n1. The van der Waals surface area contributed by atoms with Gasteiger partial charge in [0.05, 0.1) is 11.6 Å². The molecular formula is C18H22Cl2N4O3S. The smallest absolute Gasteiger partial charge is 0.244 e. The van der Waals surface area contributed by atoms with Gasteiger partial charge in [0.15, 0.2) is 0 Å². The summed E-state index contributed by atoms with van der Waals surface area (Å²) in [5.41, 5.74) is 0. The average molecular weight is 445 g/mol. The van der Waals surface area contributed by atoms with Crippen LogP contribution in [0.5, 0.6) is 5.88 Å². The molecule has 1 fully saturated rings. The minimum Gasteiger partial charge on any atom is -0.478 e. The monoisotopic (exact) mass is 444 g/mol. The largest absolute Gasteiger partial charge is 0.478 e. The van der Waals surface area contributed by atoms with Crippen molar-refractivity contribution in [1.29, 1.82) is 0 Å². The summed E-state index contributed by atoms with van der Waals surface area (Å²) in [6.45, 7) is 6.06. The lowest BCUT2D eigenvalue weighted by Crippen LogP contribution is -2.49. The molecule has 1 aliphatic rings. The molecule has 1 aromatic heterocycles. The predicted octanol–water partition coefficient (Wildman–Crippen LogP) is 3.39. The fourth-order valence-corrected chi connectivity index (χ4v) is 5.10. The zero-order chi connectivity index (χ0) is 20.3. The lowest BCUT2D eigenvalue weighted by Gasteiger charge is -2.34. The maximum absolute atomic E-state index is 12.9. The quantitative estimate of drug-likeness (QED) is 0.679. The molecule has 2 heterocycles. The number of hydrogen-bond acceptors (Lipinski definition) is 6. The zero-order valence-corrected chi connectivity index (χ0v) is 18.1. The Kier molecular flexibility index (Phi) is 6.65. The van der Waals surface area contributed by atoms with Gasteiger partial charge in [-0.25, -0.2) is 13.4 Å². The number of nitrogens with zero attached hydrogens (tertiary/aromatic N) is 4. The van der Waals surface area contributed by atoms with Crippen molar-refractivity contribution in [2.24, 2.45) is 0 Å². The highest BCUT2D eigenvalue weighted by Gasteiger charge is 2.31. The van der Waals surface area contributed by atoms with Crippen molar-refractivity contribution in [2.45, 2.75) is 25.2 Å². The van der Waals surface area contributed by atoms with E-state index in [-0.39, 0.29) is 9.92 Å². The number of benzene rings is 1. The van der Waals surface area contributed by atoms with Gasteiger partial charge in [-0.15, -0.1) is 0 Å². The van der Waals surface area contributed by atoms with Crippen molar-refractivity contribution in [3.8, 4) is 5.88 Å². The minimum atomic E-state index is -3.72. The van der Waals surface area contributed by atoms with E-state index < -0.39 is 10.0 Å². The van der Waals surface area contributed by atoms with Gasteiger partial charge < -0.3 is 9.64 Å². The molecule has 0 radical (unpaired) electrons. The van der Waals surface area contributed by atoms with Gasteiger partial charge >= 0.3 is 0 Å². The van der Waals surface area contributed by atoms with E-state index in [2.05, 4.69) is 9.97 Å². The highest BCUT2D eigenvalue weighted by Crippen LogP contribution is 2.29. The standard InChI is InChI=1S/C18H22Cl2N4O3S/c1-3-10-27-18-12-17(21-13(2)22-18)23-6-8-24(9-7-23)28(25,26)16-11-14(19)4-5-15(16)20/h4-5,11-12H,3,6-10H2,1-2H3. The molecule has 1 aliphatic heterocycles. The summed E-state index contributed by atoms with van der Waals surface area (Å²) in [7, 11) is -3.72. The number of aryl methyl sites for hydroxylation is 1. The molecule has 7 nitrogen and oxygen atoms in total. The molecule has 3 rings (SSSR count). The van der Waals surface area contributed by atoms with E-state index in [0.717, 1.165) is 12.2 Å². The Bertz CT molecular complexity index is 948. The van der Waals surface area contributed by atoms with Crippen LogP contribution in [0.2, 0.25) is 10.0 Å². The van der Waals surface area contributed by atoms with Gasteiger partial charge in [0.1, 0.15) is 16.5 Å². The van der Waals surface area contributed by atoms with Crippen molar-refractivity contribution in [1.82, 2.24) is 14.3 Å². The summed E-state index contributed by atoms with van der Waals surface area (Å²) in [5.74, 6) is 1.88. The first-order valence-electron chi connectivity index (χ1n) is 9.00. The normalized spacial score (nSPS) is 15.6. The van der Waals surface area contributed by atoms with Gasteiger partial charge in [0, 0.05) is 37.3 Å². The third-order valence-corrected chi connectivity index (χ3v) is 6.94.